The largest absolute Gasteiger partial charge is 0.508 e. The van der Waals surface area contributed by atoms with E-state index in [4.69, 9.17) is 21.4 Å². The molecule has 0 saturated carbocycles. The third-order valence-electron chi connectivity index (χ3n) is 9.09. The minimum absolute atomic E-state index is 0.0129. The first-order chi connectivity index (χ1) is 27.4. The molecule has 0 spiro atoms. The van der Waals surface area contributed by atoms with Gasteiger partial charge in [-0.25, -0.2) is 4.79 Å². The molecule has 302 valence electrons. The lowest BCUT2D eigenvalue weighted by atomic mass is 9.90. The van der Waals surface area contributed by atoms with Crippen molar-refractivity contribution < 1.29 is 44.3 Å². The van der Waals surface area contributed by atoms with Gasteiger partial charge in [0.1, 0.15) is 35.4 Å². The van der Waals surface area contributed by atoms with Gasteiger partial charge in [-0.15, -0.1) is 11.7 Å². The zero-order valence-corrected chi connectivity index (χ0v) is 32.1. The Hall–Kier alpha value is -5.72. The van der Waals surface area contributed by atoms with Crippen molar-refractivity contribution in [3.8, 4) is 28.2 Å². The second-order valence-electron chi connectivity index (χ2n) is 13.5. The zero-order chi connectivity index (χ0) is 41.1. The van der Waals surface area contributed by atoms with Gasteiger partial charge in [0.05, 0.1) is 24.0 Å². The van der Waals surface area contributed by atoms with Crippen LogP contribution in [-0.2, 0) is 22.5 Å². The van der Waals surface area contributed by atoms with Crippen LogP contribution < -0.4 is 21.4 Å². The monoisotopic (exact) mass is 802 g/mol. The summed E-state index contributed by atoms with van der Waals surface area (Å²) in [4.78, 5) is 37.2. The number of hydrogen-bond acceptors (Lipinski definition) is 12. The lowest BCUT2D eigenvalue weighted by Gasteiger charge is -2.28. The van der Waals surface area contributed by atoms with E-state index in [0.717, 1.165) is 0 Å². The fourth-order valence-electron chi connectivity index (χ4n) is 6.27. The van der Waals surface area contributed by atoms with Crippen molar-refractivity contribution >= 4 is 45.9 Å². The first-order valence-corrected chi connectivity index (χ1v) is 18.8. The minimum atomic E-state index is -1.41. The quantitative estimate of drug-likeness (QED) is 0.0243. The summed E-state index contributed by atoms with van der Waals surface area (Å²) in [6.07, 6.45) is 1.77. The van der Waals surface area contributed by atoms with Crippen LogP contribution in [0.3, 0.4) is 0 Å². The summed E-state index contributed by atoms with van der Waals surface area (Å²) >= 11 is 5.47. The van der Waals surface area contributed by atoms with E-state index in [1.165, 1.54) is 30.3 Å². The van der Waals surface area contributed by atoms with Crippen LogP contribution in [0.1, 0.15) is 48.7 Å². The molecule has 4 atom stereocenters. The Bertz CT molecular complexity index is 2220. The number of rotatable bonds is 20. The number of aromatic carboxylic acids is 1. The number of ether oxygens (including phenoxy) is 1. The summed E-state index contributed by atoms with van der Waals surface area (Å²) in [6, 6.07) is 13.7. The number of benzene rings is 3. The molecule has 3 aromatic rings. The number of aryl methyl sites for hydroxylation is 2. The molecule has 2 heterocycles. The van der Waals surface area contributed by atoms with E-state index in [2.05, 4.69) is 32.8 Å². The minimum Gasteiger partial charge on any atom is -0.508 e. The van der Waals surface area contributed by atoms with Gasteiger partial charge in [-0.05, 0) is 86.8 Å². The number of aromatic nitrogens is 3. The molecular formula is C40H46N6O10S. The molecule has 0 saturated heterocycles. The number of anilines is 1. The molecule has 1 aliphatic heterocycles. The van der Waals surface area contributed by atoms with Crippen LogP contribution in [0.15, 0.2) is 82.7 Å². The molecule has 8 N–H and O–H groups in total. The lowest BCUT2D eigenvalue weighted by molar-refractivity contribution is -0.129. The zero-order valence-electron chi connectivity index (χ0n) is 31.3. The van der Waals surface area contributed by atoms with Crippen molar-refractivity contribution in [2.24, 2.45) is 0 Å². The summed E-state index contributed by atoms with van der Waals surface area (Å²) in [5.41, 5.74) is 2.62. The molecule has 0 fully saturated rings. The van der Waals surface area contributed by atoms with Gasteiger partial charge in [-0.2, -0.15) is 0 Å². The Morgan fingerprint density at radius 3 is 2.61 bits per heavy atom. The van der Waals surface area contributed by atoms with Crippen LogP contribution in [0.5, 0.6) is 5.75 Å². The van der Waals surface area contributed by atoms with E-state index in [1.807, 2.05) is 0 Å². The van der Waals surface area contributed by atoms with Crippen molar-refractivity contribution in [3.05, 3.63) is 94.9 Å². The second kappa shape index (κ2) is 19.9. The number of fused-ring (bicyclic) bond motifs is 2. The highest BCUT2D eigenvalue weighted by molar-refractivity contribution is 7.80. The lowest BCUT2D eigenvalue weighted by Crippen LogP contribution is -2.48. The van der Waals surface area contributed by atoms with Crippen LogP contribution in [0.2, 0.25) is 0 Å². The molecule has 2 aromatic carbocycles. The molecule has 2 unspecified atom stereocenters. The number of nitrogens with one attached hydrogen (secondary N) is 3. The Morgan fingerprint density at radius 2 is 1.86 bits per heavy atom. The summed E-state index contributed by atoms with van der Waals surface area (Å²) in [5, 5.41) is 67.8. The molecule has 2 aliphatic rings. The van der Waals surface area contributed by atoms with E-state index in [0.29, 0.717) is 72.2 Å². The topological polar surface area (TPSA) is 242 Å². The van der Waals surface area contributed by atoms with Gasteiger partial charge in [0, 0.05) is 66.6 Å². The molecule has 1 aliphatic carbocycles. The number of nitrogens with zero attached hydrogens (tertiary/aromatic N) is 3. The van der Waals surface area contributed by atoms with Gasteiger partial charge in [0.15, 0.2) is 10.5 Å². The van der Waals surface area contributed by atoms with Gasteiger partial charge in [0.2, 0.25) is 5.91 Å². The maximum absolute atomic E-state index is 12.5. The van der Waals surface area contributed by atoms with Gasteiger partial charge < -0.3 is 50.6 Å². The average molecular weight is 803 g/mol. The highest BCUT2D eigenvalue weighted by atomic mass is 32.1. The fraction of sp³-hybridized carbons (Fsp3) is 0.350. The number of carboxylic acids is 1. The Morgan fingerprint density at radius 1 is 1.07 bits per heavy atom. The third-order valence-corrected chi connectivity index (χ3v) is 9.34. The van der Waals surface area contributed by atoms with Crippen LogP contribution >= 0.6 is 12.2 Å². The number of aliphatic hydroxyl groups is 3. The molecule has 0 bridgehead atoms. The molecule has 1 aromatic heterocycles. The first-order valence-electron chi connectivity index (χ1n) is 18.4. The molecule has 1 amide bonds. The van der Waals surface area contributed by atoms with Crippen LogP contribution in [0, 0.1) is 0 Å². The molecular weight excluding hydrogens is 757 g/mol. The number of thiocarbonyl (C=S) groups is 1. The number of carbonyl (C=O) groups is 2. The normalized spacial score (nSPS) is 13.5. The summed E-state index contributed by atoms with van der Waals surface area (Å²) in [6.45, 7) is 5.76. The van der Waals surface area contributed by atoms with Gasteiger partial charge in [-0.3, -0.25) is 14.3 Å². The van der Waals surface area contributed by atoms with Crippen LogP contribution in [0.25, 0.3) is 33.4 Å². The van der Waals surface area contributed by atoms with Crippen LogP contribution in [-0.4, -0.2) is 102 Å². The number of phenolic OH excluding ortho intramolecular Hbond substituents is 1. The maximum Gasteiger partial charge on any atom is 0.336 e. The Balaban J connectivity index is 1.09. The standard InChI is InChI=1S/C40H46N6O10S/c1-3-6-23(2)55-35(38(52)32(50)22-47)20-42-36(51)8-4-7-25-21-46(45-44-25)16-5-15-41-40(57)43-24-9-12-28(31(17-24)39(53)54)37-29-13-10-26(48)18-33(29)56-34-19-27(49)11-14-30(34)37/h3,9-14,17-19,21,23,32,35,38,47-48,50,52H,1,4-8,15-16,20,22H2,2H3,(H,42,51)(H,53,54)(H2,41,43,57)/t23?,32-,35?,38+/m1/s1. The smallest absolute Gasteiger partial charge is 0.336 e. The van der Waals surface area contributed by atoms with E-state index in [-0.39, 0.29) is 58.2 Å². The van der Waals surface area contributed by atoms with E-state index >= 15 is 0 Å². The average Bonchev–Trinajstić information content (AvgIpc) is 3.64. The van der Waals surface area contributed by atoms with E-state index in [1.54, 1.807) is 48.1 Å². The van der Waals surface area contributed by atoms with E-state index < -0.39 is 30.9 Å². The van der Waals surface area contributed by atoms with Crippen molar-refractivity contribution in [1.82, 2.24) is 25.6 Å². The van der Waals surface area contributed by atoms with Crippen molar-refractivity contribution in [1.29, 1.82) is 0 Å². The summed E-state index contributed by atoms with van der Waals surface area (Å²) < 4.78 is 13.3. The second-order valence-corrected chi connectivity index (χ2v) is 13.9. The number of carboxylic acid groups (broad SMARTS) is 1. The van der Waals surface area contributed by atoms with Crippen molar-refractivity contribution in [2.45, 2.75) is 70.0 Å². The molecule has 5 rings (SSSR count). The summed E-state index contributed by atoms with van der Waals surface area (Å²) in [5.74, 6) is -1.23. The highest BCUT2D eigenvalue weighted by Gasteiger charge is 2.29. The third kappa shape index (κ3) is 11.4. The summed E-state index contributed by atoms with van der Waals surface area (Å²) in [7, 11) is 0. The Labute approximate surface area is 333 Å². The Kier molecular flexibility index (Phi) is 14.8. The number of phenols is 1. The first kappa shape index (κ1) is 42.4. The number of amides is 1. The van der Waals surface area contributed by atoms with Crippen LogP contribution in [0.4, 0.5) is 5.69 Å². The maximum atomic E-state index is 12.5. The number of aliphatic hydroxyl groups excluding tert-OH is 3. The van der Waals surface area contributed by atoms with Gasteiger partial charge >= 0.3 is 5.97 Å². The predicted octanol–water partition coefficient (Wildman–Crippen LogP) is 3.44. The molecule has 17 heteroatoms. The fourth-order valence-corrected chi connectivity index (χ4v) is 6.49. The van der Waals surface area contributed by atoms with E-state index in [9.17, 15) is 39.9 Å². The van der Waals surface area contributed by atoms with Crippen molar-refractivity contribution in [2.75, 3.05) is 25.0 Å². The predicted molar refractivity (Wildman–Crippen MR) is 216 cm³/mol. The molecule has 0 radical (unpaired) electrons. The highest BCUT2D eigenvalue weighted by Crippen LogP contribution is 2.42. The van der Waals surface area contributed by atoms with Gasteiger partial charge in [-0.1, -0.05) is 17.4 Å². The molecule has 57 heavy (non-hydrogen) atoms. The number of aromatic hydroxyl groups is 1. The number of hydrogen-bond donors (Lipinski definition) is 8. The SMILES string of the molecule is C=CCC(C)OC(CNC(=O)CCCc1cn(CCCNC(=S)Nc2ccc(-c3c4ccc(=O)cc-4oc4cc(O)ccc34)c(C(=O)O)c2)nn1)[C@@H](O)[C@H](O)CO. The van der Waals surface area contributed by atoms with Gasteiger partial charge in [0.25, 0.3) is 0 Å². The molecule has 16 nitrogen and oxygen atoms in total. The number of carbonyl (C=O) groups excluding carboxylic acids is 1. The van der Waals surface area contributed by atoms with Crippen molar-refractivity contribution in [3.63, 3.8) is 0 Å².